The van der Waals surface area contributed by atoms with E-state index in [0.29, 0.717) is 5.89 Å². The summed E-state index contributed by atoms with van der Waals surface area (Å²) in [5, 5.41) is 5.59. The van der Waals surface area contributed by atoms with Crippen LogP contribution in [-0.2, 0) is 4.79 Å². The van der Waals surface area contributed by atoms with Crippen LogP contribution < -0.4 is 10.6 Å². The van der Waals surface area contributed by atoms with Gasteiger partial charge in [0.1, 0.15) is 5.52 Å². The van der Waals surface area contributed by atoms with E-state index in [-0.39, 0.29) is 18.4 Å². The van der Waals surface area contributed by atoms with Gasteiger partial charge in [-0.3, -0.25) is 4.79 Å². The van der Waals surface area contributed by atoms with Crippen molar-refractivity contribution in [2.45, 2.75) is 19.8 Å². The Labute approximate surface area is 106 Å². The number of nitrogens with zero attached hydrogens (tertiary/aromatic N) is 1. The fourth-order valence-corrected chi connectivity index (χ4v) is 1.64. The van der Waals surface area contributed by atoms with Gasteiger partial charge in [0.05, 0.1) is 6.54 Å². The molecule has 5 heteroatoms. The Kier molecular flexibility index (Phi) is 3.62. The first-order valence-electron chi connectivity index (χ1n) is 5.95. The molecule has 0 aliphatic rings. The molecular weight excluding hydrogens is 230 g/mol. The summed E-state index contributed by atoms with van der Waals surface area (Å²) >= 11 is 0. The number of oxazole rings is 1. The van der Waals surface area contributed by atoms with Crippen LogP contribution in [0.15, 0.2) is 22.6 Å². The summed E-state index contributed by atoms with van der Waals surface area (Å²) in [6.45, 7) is 4.34. The van der Waals surface area contributed by atoms with E-state index in [4.69, 9.17) is 4.42 Å². The van der Waals surface area contributed by atoms with Crippen molar-refractivity contribution in [1.29, 1.82) is 0 Å². The van der Waals surface area contributed by atoms with Crippen LogP contribution in [0.25, 0.3) is 11.1 Å². The maximum absolute atomic E-state index is 11.4. The number of amides is 1. The van der Waals surface area contributed by atoms with Crippen LogP contribution >= 0.6 is 0 Å². The van der Waals surface area contributed by atoms with E-state index in [9.17, 15) is 4.79 Å². The van der Waals surface area contributed by atoms with Crippen LogP contribution in [0, 0.1) is 0 Å². The average Bonchev–Trinajstić information content (AvgIpc) is 2.72. The molecule has 0 fully saturated rings. The van der Waals surface area contributed by atoms with E-state index in [1.807, 2.05) is 32.0 Å². The molecule has 1 amide bonds. The fraction of sp³-hybridized carbons (Fsp3) is 0.385. The van der Waals surface area contributed by atoms with Crippen molar-refractivity contribution in [3.63, 3.8) is 0 Å². The van der Waals surface area contributed by atoms with Crippen molar-refractivity contribution in [2.24, 2.45) is 0 Å². The lowest BCUT2D eigenvalue weighted by Gasteiger charge is -2.03. The molecule has 0 spiro atoms. The molecule has 2 N–H and O–H groups in total. The number of hydrogen-bond donors (Lipinski definition) is 2. The molecule has 1 aromatic carbocycles. The highest BCUT2D eigenvalue weighted by Gasteiger charge is 2.10. The number of rotatable bonds is 4. The maximum atomic E-state index is 11.4. The van der Waals surface area contributed by atoms with Crippen LogP contribution in [0.5, 0.6) is 0 Å². The lowest BCUT2D eigenvalue weighted by Crippen LogP contribution is -2.24. The molecular formula is C13H17N3O2. The van der Waals surface area contributed by atoms with Gasteiger partial charge in [0, 0.05) is 11.6 Å². The molecule has 0 bridgehead atoms. The average molecular weight is 247 g/mol. The standard InChI is InChI=1S/C13H17N3O2/c1-8(2)13-16-10-6-9(4-5-11(10)18-13)15-12(17)7-14-3/h4-6,8,14H,7H2,1-3H3,(H,15,17). The van der Waals surface area contributed by atoms with Crippen molar-refractivity contribution in [2.75, 3.05) is 18.9 Å². The predicted octanol–water partition coefficient (Wildman–Crippen LogP) is 2.11. The number of likely N-dealkylation sites (N-methyl/N-ethyl adjacent to an activating group) is 1. The van der Waals surface area contributed by atoms with Crippen molar-refractivity contribution in [3.05, 3.63) is 24.1 Å². The first-order valence-corrected chi connectivity index (χ1v) is 5.95. The molecule has 0 radical (unpaired) electrons. The quantitative estimate of drug-likeness (QED) is 0.868. The smallest absolute Gasteiger partial charge is 0.238 e. The molecule has 18 heavy (non-hydrogen) atoms. The number of anilines is 1. The summed E-state index contributed by atoms with van der Waals surface area (Å²) in [5.74, 6) is 0.882. The molecule has 1 aromatic heterocycles. The molecule has 0 aliphatic carbocycles. The van der Waals surface area contributed by atoms with Gasteiger partial charge < -0.3 is 15.1 Å². The van der Waals surface area contributed by atoms with Gasteiger partial charge in [-0.2, -0.15) is 0 Å². The first-order chi connectivity index (χ1) is 8.60. The summed E-state index contributed by atoms with van der Waals surface area (Å²) in [6.07, 6.45) is 0. The monoisotopic (exact) mass is 247 g/mol. The highest BCUT2D eigenvalue weighted by molar-refractivity contribution is 5.94. The Balaban J connectivity index is 2.24. The number of carbonyl (C=O) groups is 1. The Morgan fingerprint density at radius 2 is 2.22 bits per heavy atom. The Bertz CT molecular complexity index is 560. The van der Waals surface area contributed by atoms with E-state index >= 15 is 0 Å². The van der Waals surface area contributed by atoms with Gasteiger partial charge in [0.25, 0.3) is 0 Å². The van der Waals surface area contributed by atoms with Gasteiger partial charge >= 0.3 is 0 Å². The minimum atomic E-state index is -0.0792. The van der Waals surface area contributed by atoms with Crippen molar-refractivity contribution in [3.8, 4) is 0 Å². The molecule has 2 rings (SSSR count). The summed E-state index contributed by atoms with van der Waals surface area (Å²) in [5.41, 5.74) is 2.23. The van der Waals surface area contributed by atoms with E-state index in [1.165, 1.54) is 0 Å². The Hall–Kier alpha value is -1.88. The lowest BCUT2D eigenvalue weighted by molar-refractivity contribution is -0.115. The van der Waals surface area contributed by atoms with E-state index in [0.717, 1.165) is 16.8 Å². The molecule has 0 saturated carbocycles. The third kappa shape index (κ3) is 2.68. The van der Waals surface area contributed by atoms with Crippen molar-refractivity contribution in [1.82, 2.24) is 10.3 Å². The van der Waals surface area contributed by atoms with Gasteiger partial charge in [-0.25, -0.2) is 4.98 Å². The second-order valence-corrected chi connectivity index (χ2v) is 4.47. The largest absolute Gasteiger partial charge is 0.440 e. The number of nitrogens with one attached hydrogen (secondary N) is 2. The third-order valence-corrected chi connectivity index (χ3v) is 2.52. The maximum Gasteiger partial charge on any atom is 0.238 e. The van der Waals surface area contributed by atoms with Gasteiger partial charge in [-0.1, -0.05) is 13.8 Å². The SMILES string of the molecule is CNCC(=O)Nc1ccc2oc(C(C)C)nc2c1. The molecule has 0 atom stereocenters. The number of aromatic nitrogens is 1. The second-order valence-electron chi connectivity index (χ2n) is 4.47. The highest BCUT2D eigenvalue weighted by atomic mass is 16.3. The molecule has 0 aliphatic heterocycles. The van der Waals surface area contributed by atoms with Crippen LogP contribution in [0.1, 0.15) is 25.7 Å². The third-order valence-electron chi connectivity index (χ3n) is 2.52. The van der Waals surface area contributed by atoms with E-state index in [2.05, 4.69) is 15.6 Å². The van der Waals surface area contributed by atoms with E-state index in [1.54, 1.807) is 7.05 Å². The van der Waals surface area contributed by atoms with Gasteiger partial charge in [-0.05, 0) is 25.2 Å². The summed E-state index contributed by atoms with van der Waals surface area (Å²) in [6, 6.07) is 5.45. The topological polar surface area (TPSA) is 67.2 Å². The van der Waals surface area contributed by atoms with Crippen molar-refractivity contribution < 1.29 is 9.21 Å². The normalized spacial score (nSPS) is 11.1. The molecule has 5 nitrogen and oxygen atoms in total. The fourth-order valence-electron chi connectivity index (χ4n) is 1.64. The summed E-state index contributed by atoms with van der Waals surface area (Å²) < 4.78 is 5.60. The zero-order valence-corrected chi connectivity index (χ0v) is 10.8. The van der Waals surface area contributed by atoms with Gasteiger partial charge in [0.15, 0.2) is 11.5 Å². The number of fused-ring (bicyclic) bond motifs is 1. The minimum absolute atomic E-state index is 0.0792. The minimum Gasteiger partial charge on any atom is -0.440 e. The zero-order chi connectivity index (χ0) is 13.1. The zero-order valence-electron chi connectivity index (χ0n) is 10.8. The number of benzene rings is 1. The molecule has 0 saturated heterocycles. The van der Waals surface area contributed by atoms with Crippen LogP contribution in [0.3, 0.4) is 0 Å². The van der Waals surface area contributed by atoms with Gasteiger partial charge in [-0.15, -0.1) is 0 Å². The number of hydrogen-bond acceptors (Lipinski definition) is 4. The van der Waals surface area contributed by atoms with Crippen LogP contribution in [0.2, 0.25) is 0 Å². The van der Waals surface area contributed by atoms with Gasteiger partial charge in [0.2, 0.25) is 5.91 Å². The van der Waals surface area contributed by atoms with Crippen LogP contribution in [-0.4, -0.2) is 24.5 Å². The van der Waals surface area contributed by atoms with E-state index < -0.39 is 0 Å². The number of carbonyl (C=O) groups excluding carboxylic acids is 1. The summed E-state index contributed by atoms with van der Waals surface area (Å²) in [4.78, 5) is 15.8. The first kappa shape index (κ1) is 12.6. The molecule has 2 aromatic rings. The summed E-state index contributed by atoms with van der Waals surface area (Å²) in [7, 11) is 1.73. The van der Waals surface area contributed by atoms with Crippen LogP contribution in [0.4, 0.5) is 5.69 Å². The lowest BCUT2D eigenvalue weighted by atomic mass is 10.2. The Morgan fingerprint density at radius 3 is 2.89 bits per heavy atom. The highest BCUT2D eigenvalue weighted by Crippen LogP contribution is 2.23. The second kappa shape index (κ2) is 5.18. The molecule has 96 valence electrons. The molecule has 1 heterocycles. The predicted molar refractivity (Wildman–Crippen MR) is 70.7 cm³/mol. The van der Waals surface area contributed by atoms with Crippen molar-refractivity contribution >= 4 is 22.7 Å². The Morgan fingerprint density at radius 1 is 1.44 bits per heavy atom. The molecule has 0 unspecified atom stereocenters.